The van der Waals surface area contributed by atoms with Gasteiger partial charge < -0.3 is 10.6 Å². The van der Waals surface area contributed by atoms with E-state index < -0.39 is 0 Å². The molecule has 0 saturated heterocycles. The zero-order chi connectivity index (χ0) is 14.1. The Morgan fingerprint density at radius 1 is 1.30 bits per heavy atom. The summed E-state index contributed by atoms with van der Waals surface area (Å²) in [7, 11) is 0. The van der Waals surface area contributed by atoms with Gasteiger partial charge in [-0.3, -0.25) is 9.59 Å². The predicted octanol–water partition coefficient (Wildman–Crippen LogP) is 3.70. The highest BCUT2D eigenvalue weighted by atomic mass is 35.5. The van der Waals surface area contributed by atoms with Gasteiger partial charge in [-0.05, 0) is 30.3 Å². The zero-order valence-corrected chi connectivity index (χ0v) is 12.5. The molecule has 4 nitrogen and oxygen atoms in total. The van der Waals surface area contributed by atoms with Crippen LogP contribution in [0.2, 0.25) is 4.34 Å². The molecule has 2 N–H and O–H groups in total. The molecule has 1 aromatic carbocycles. The summed E-state index contributed by atoms with van der Waals surface area (Å²) in [5.74, 6) is 0.180. The third kappa shape index (κ3) is 2.82. The number of hydrogen-bond donors (Lipinski definition) is 2. The lowest BCUT2D eigenvalue weighted by Crippen LogP contribution is -2.19. The number of thioether (sulfide) groups is 1. The first-order valence-electron chi connectivity index (χ1n) is 5.75. The number of halogens is 1. The maximum atomic E-state index is 12.0. The van der Waals surface area contributed by atoms with Crippen molar-refractivity contribution in [2.24, 2.45) is 0 Å². The van der Waals surface area contributed by atoms with E-state index in [9.17, 15) is 9.59 Å². The van der Waals surface area contributed by atoms with E-state index in [1.807, 2.05) is 12.1 Å². The number of fused-ring (bicyclic) bond motifs is 1. The predicted molar refractivity (Wildman–Crippen MR) is 83.1 cm³/mol. The molecule has 0 radical (unpaired) electrons. The molecule has 3 rings (SSSR count). The third-order valence-electron chi connectivity index (χ3n) is 2.67. The average Bonchev–Trinajstić information content (AvgIpc) is 2.85. The van der Waals surface area contributed by atoms with Gasteiger partial charge in [0, 0.05) is 10.6 Å². The molecule has 102 valence electrons. The molecule has 20 heavy (non-hydrogen) atoms. The quantitative estimate of drug-likeness (QED) is 0.885. The highest BCUT2D eigenvalue weighted by molar-refractivity contribution is 8.00. The smallest absolute Gasteiger partial charge is 0.265 e. The molecular formula is C13H9ClN2O2S2. The van der Waals surface area contributed by atoms with E-state index in [2.05, 4.69) is 10.6 Å². The normalized spacial score (nSPS) is 13.6. The zero-order valence-electron chi connectivity index (χ0n) is 10.1. The number of carbonyl (C=O) groups excluding carboxylic acids is 2. The summed E-state index contributed by atoms with van der Waals surface area (Å²) in [6.45, 7) is 0. The lowest BCUT2D eigenvalue weighted by molar-refractivity contribution is -0.113. The van der Waals surface area contributed by atoms with Crippen molar-refractivity contribution in [3.8, 4) is 0 Å². The second-order valence-corrected chi connectivity index (χ2v) is 6.84. The Hall–Kier alpha value is -1.50. The number of benzene rings is 1. The van der Waals surface area contributed by atoms with Gasteiger partial charge in [0.15, 0.2) is 0 Å². The number of rotatable bonds is 2. The van der Waals surface area contributed by atoms with Gasteiger partial charge in [0.1, 0.15) is 0 Å². The fraction of sp³-hybridized carbons (Fsp3) is 0.0769. The number of carbonyl (C=O) groups is 2. The van der Waals surface area contributed by atoms with E-state index in [0.29, 0.717) is 20.7 Å². The third-order valence-corrected chi connectivity index (χ3v) is 4.97. The number of nitrogens with one attached hydrogen (secondary N) is 2. The number of thiophene rings is 1. The van der Waals surface area contributed by atoms with E-state index in [1.165, 1.54) is 23.1 Å². The first kappa shape index (κ1) is 13.5. The lowest BCUT2D eigenvalue weighted by atomic mass is 10.2. The highest BCUT2D eigenvalue weighted by Crippen LogP contribution is 2.33. The maximum Gasteiger partial charge on any atom is 0.265 e. The molecular weight excluding hydrogens is 316 g/mol. The van der Waals surface area contributed by atoms with Crippen LogP contribution in [0.15, 0.2) is 35.2 Å². The SMILES string of the molecule is O=C1CSc2ccc(NC(=O)c3ccc(Cl)s3)cc2N1. The Balaban J connectivity index is 1.80. The number of amides is 2. The standard InChI is InChI=1S/C13H9ClN2O2S2/c14-11-4-3-10(20-11)13(18)15-7-1-2-9-8(5-7)16-12(17)6-19-9/h1-5H,6H2,(H,15,18)(H,16,17). The molecule has 1 aliphatic rings. The molecule has 0 saturated carbocycles. The first-order chi connectivity index (χ1) is 9.61. The largest absolute Gasteiger partial charge is 0.324 e. The van der Waals surface area contributed by atoms with Crippen molar-refractivity contribution in [1.82, 2.24) is 0 Å². The second-order valence-electron chi connectivity index (χ2n) is 4.11. The molecule has 7 heteroatoms. The summed E-state index contributed by atoms with van der Waals surface area (Å²) in [6, 6.07) is 8.82. The van der Waals surface area contributed by atoms with Crippen molar-refractivity contribution in [1.29, 1.82) is 0 Å². The minimum atomic E-state index is -0.211. The van der Waals surface area contributed by atoms with Gasteiger partial charge in [-0.1, -0.05) is 11.6 Å². The van der Waals surface area contributed by atoms with Crippen LogP contribution in [-0.4, -0.2) is 17.6 Å². The summed E-state index contributed by atoms with van der Waals surface area (Å²) in [5.41, 5.74) is 1.37. The molecule has 0 unspecified atom stereocenters. The first-order valence-corrected chi connectivity index (χ1v) is 7.93. The number of hydrogen-bond acceptors (Lipinski definition) is 4. The maximum absolute atomic E-state index is 12.0. The van der Waals surface area contributed by atoms with Crippen molar-refractivity contribution in [3.63, 3.8) is 0 Å². The van der Waals surface area contributed by atoms with Crippen molar-refractivity contribution < 1.29 is 9.59 Å². The van der Waals surface area contributed by atoms with E-state index in [4.69, 9.17) is 11.6 Å². The Morgan fingerprint density at radius 2 is 2.15 bits per heavy atom. The summed E-state index contributed by atoms with van der Waals surface area (Å²) >= 11 is 8.51. The molecule has 2 aromatic rings. The van der Waals surface area contributed by atoms with Crippen LogP contribution in [0, 0.1) is 0 Å². The van der Waals surface area contributed by atoms with Crippen LogP contribution in [0.4, 0.5) is 11.4 Å². The molecule has 0 atom stereocenters. The van der Waals surface area contributed by atoms with Crippen molar-refractivity contribution in [2.75, 3.05) is 16.4 Å². The van der Waals surface area contributed by atoms with Gasteiger partial charge in [0.25, 0.3) is 5.91 Å². The van der Waals surface area contributed by atoms with Gasteiger partial charge >= 0.3 is 0 Å². The highest BCUT2D eigenvalue weighted by Gasteiger charge is 2.16. The van der Waals surface area contributed by atoms with Gasteiger partial charge in [0.2, 0.25) is 5.91 Å². The molecule has 1 aliphatic heterocycles. The van der Waals surface area contributed by atoms with Crippen LogP contribution in [-0.2, 0) is 4.79 Å². The monoisotopic (exact) mass is 324 g/mol. The molecule has 0 fully saturated rings. The number of anilines is 2. The van der Waals surface area contributed by atoms with E-state index in [-0.39, 0.29) is 11.8 Å². The summed E-state index contributed by atoms with van der Waals surface area (Å²) < 4.78 is 0.573. The van der Waals surface area contributed by atoms with Crippen molar-refractivity contribution >= 4 is 57.9 Å². The molecule has 0 bridgehead atoms. The molecule has 1 aromatic heterocycles. The van der Waals surface area contributed by atoms with E-state index >= 15 is 0 Å². The minimum Gasteiger partial charge on any atom is -0.324 e. The molecule has 2 heterocycles. The Kier molecular flexibility index (Phi) is 3.69. The second kappa shape index (κ2) is 5.47. The van der Waals surface area contributed by atoms with Crippen molar-refractivity contribution in [3.05, 3.63) is 39.5 Å². The molecule has 2 amide bonds. The van der Waals surface area contributed by atoms with Crippen LogP contribution < -0.4 is 10.6 Å². The van der Waals surface area contributed by atoms with Crippen LogP contribution in [0.5, 0.6) is 0 Å². The van der Waals surface area contributed by atoms with E-state index in [1.54, 1.807) is 18.2 Å². The Morgan fingerprint density at radius 3 is 2.90 bits per heavy atom. The summed E-state index contributed by atoms with van der Waals surface area (Å²) in [6.07, 6.45) is 0. The van der Waals surface area contributed by atoms with Crippen LogP contribution in [0.3, 0.4) is 0 Å². The van der Waals surface area contributed by atoms with E-state index in [0.717, 1.165) is 10.6 Å². The summed E-state index contributed by atoms with van der Waals surface area (Å²) in [4.78, 5) is 24.9. The molecule has 0 spiro atoms. The van der Waals surface area contributed by atoms with Crippen LogP contribution in [0.1, 0.15) is 9.67 Å². The molecule has 0 aliphatic carbocycles. The van der Waals surface area contributed by atoms with Crippen molar-refractivity contribution in [2.45, 2.75) is 4.90 Å². The van der Waals surface area contributed by atoms with Crippen LogP contribution >= 0.6 is 34.7 Å². The minimum absolute atomic E-state index is 0.0315. The average molecular weight is 325 g/mol. The van der Waals surface area contributed by atoms with Gasteiger partial charge in [-0.2, -0.15) is 0 Å². The topological polar surface area (TPSA) is 58.2 Å². The fourth-order valence-corrected chi connectivity index (χ4v) is 3.52. The Bertz CT molecular complexity index is 699. The Labute approximate surface area is 128 Å². The van der Waals surface area contributed by atoms with Gasteiger partial charge in [-0.15, -0.1) is 23.1 Å². The summed E-state index contributed by atoms with van der Waals surface area (Å²) in [5, 5.41) is 5.58. The lowest BCUT2D eigenvalue weighted by Gasteiger charge is -2.17. The van der Waals surface area contributed by atoms with Gasteiger partial charge in [-0.25, -0.2) is 0 Å². The van der Waals surface area contributed by atoms with Gasteiger partial charge in [0.05, 0.1) is 20.7 Å². The fourth-order valence-electron chi connectivity index (χ4n) is 1.79. The van der Waals surface area contributed by atoms with Crippen LogP contribution in [0.25, 0.3) is 0 Å².